The number of hydrogen-bond donors (Lipinski definition) is 4. The Labute approximate surface area is 158 Å². The van der Waals surface area contributed by atoms with Crippen molar-refractivity contribution in [2.24, 2.45) is 5.92 Å². The van der Waals surface area contributed by atoms with Crippen LogP contribution in [0.15, 0.2) is 5.38 Å². The van der Waals surface area contributed by atoms with Crippen LogP contribution in [0.2, 0.25) is 0 Å². The van der Waals surface area contributed by atoms with E-state index in [0.717, 1.165) is 29.6 Å². The number of rotatable bonds is 4. The molecule has 1 aromatic rings. The number of likely N-dealkylation sites (tertiary alicyclic amines) is 1. The number of alkyl halides is 3. The van der Waals surface area contributed by atoms with E-state index in [-0.39, 0.29) is 19.1 Å². The maximum Gasteiger partial charge on any atom is 0.434 e. The molecule has 5 atom stereocenters. The van der Waals surface area contributed by atoms with Crippen LogP contribution in [0.4, 0.5) is 18.3 Å². The van der Waals surface area contributed by atoms with Crippen LogP contribution in [0.3, 0.4) is 0 Å². The average Bonchev–Trinajstić information content (AvgIpc) is 3.11. The quantitative estimate of drug-likeness (QED) is 0.559. The molecule has 2 aliphatic heterocycles. The van der Waals surface area contributed by atoms with E-state index in [4.69, 9.17) is 0 Å². The molecule has 0 saturated carbocycles. The van der Waals surface area contributed by atoms with E-state index >= 15 is 0 Å². The fourth-order valence-electron chi connectivity index (χ4n) is 3.85. The lowest BCUT2D eigenvalue weighted by Crippen LogP contribution is -2.63. The van der Waals surface area contributed by atoms with Crippen LogP contribution in [-0.2, 0) is 6.18 Å². The molecule has 0 spiro atoms. The fourth-order valence-corrected chi connectivity index (χ4v) is 4.72. The number of nitrogens with zero attached hydrogens (tertiary/aromatic N) is 3. The predicted molar refractivity (Wildman–Crippen MR) is 92.5 cm³/mol. The Hall–Kier alpha value is -0.980. The Bertz CT molecular complexity index is 632. The van der Waals surface area contributed by atoms with Crippen molar-refractivity contribution in [2.45, 2.75) is 43.4 Å². The standard InChI is InChI=1S/C16H24F3N3O4S/c17-16(18,19)12-8-27-15(20-12)21-3-1-2-9(4-21)5-22-6-11(24)14(26)13(25)10(22)7-23/h8-11,13-14,23-26H,1-7H2/t9-,10+,11+,13-,14-/m1/s1. The molecule has 3 heterocycles. The minimum atomic E-state index is -4.46. The number of aliphatic hydroxyl groups excluding tert-OH is 4. The van der Waals surface area contributed by atoms with Gasteiger partial charge in [0.05, 0.1) is 18.8 Å². The van der Waals surface area contributed by atoms with Gasteiger partial charge in [-0.2, -0.15) is 13.2 Å². The molecule has 2 aliphatic rings. The summed E-state index contributed by atoms with van der Waals surface area (Å²) < 4.78 is 38.3. The molecule has 0 aromatic carbocycles. The zero-order chi connectivity index (χ0) is 19.8. The zero-order valence-electron chi connectivity index (χ0n) is 14.6. The van der Waals surface area contributed by atoms with Gasteiger partial charge in [-0.3, -0.25) is 4.90 Å². The van der Waals surface area contributed by atoms with Crippen molar-refractivity contribution >= 4 is 16.5 Å². The maximum absolute atomic E-state index is 12.8. The molecular formula is C16H24F3N3O4S. The lowest BCUT2D eigenvalue weighted by atomic mass is 9.91. The molecule has 154 valence electrons. The first-order valence-electron chi connectivity index (χ1n) is 8.87. The zero-order valence-corrected chi connectivity index (χ0v) is 15.4. The third-order valence-electron chi connectivity index (χ3n) is 5.28. The number of thiazole rings is 1. The number of β-amino-alcohol motifs (C(OH)–C–C–N with tert-alkyl or cyclic N) is 1. The molecule has 3 rings (SSSR count). The van der Waals surface area contributed by atoms with E-state index in [2.05, 4.69) is 4.98 Å². The summed E-state index contributed by atoms with van der Waals surface area (Å²) in [5.74, 6) is 0.0840. The molecule has 7 nitrogen and oxygen atoms in total. The Kier molecular flexibility index (Phi) is 6.28. The van der Waals surface area contributed by atoms with Crippen LogP contribution in [0.1, 0.15) is 18.5 Å². The topological polar surface area (TPSA) is 100 Å². The van der Waals surface area contributed by atoms with E-state index in [1.54, 1.807) is 4.90 Å². The smallest absolute Gasteiger partial charge is 0.395 e. The first-order valence-corrected chi connectivity index (χ1v) is 9.75. The molecule has 0 amide bonds. The van der Waals surface area contributed by atoms with Gasteiger partial charge >= 0.3 is 6.18 Å². The highest BCUT2D eigenvalue weighted by Gasteiger charge is 2.42. The molecule has 2 saturated heterocycles. The van der Waals surface area contributed by atoms with Gasteiger partial charge in [-0.05, 0) is 18.8 Å². The lowest BCUT2D eigenvalue weighted by Gasteiger charge is -2.45. The Balaban J connectivity index is 1.65. The van der Waals surface area contributed by atoms with Gasteiger partial charge in [0.25, 0.3) is 0 Å². The second-order valence-corrected chi connectivity index (χ2v) is 8.06. The summed E-state index contributed by atoms with van der Waals surface area (Å²) in [6.07, 6.45) is -6.51. The van der Waals surface area contributed by atoms with Gasteiger partial charge in [-0.1, -0.05) is 0 Å². The van der Waals surface area contributed by atoms with Gasteiger partial charge < -0.3 is 25.3 Å². The number of piperidine rings is 2. The Morgan fingerprint density at radius 2 is 1.93 bits per heavy atom. The molecule has 1 aromatic heterocycles. The number of anilines is 1. The van der Waals surface area contributed by atoms with Crippen molar-refractivity contribution in [1.29, 1.82) is 0 Å². The Morgan fingerprint density at radius 1 is 1.19 bits per heavy atom. The van der Waals surface area contributed by atoms with Crippen molar-refractivity contribution in [3.63, 3.8) is 0 Å². The largest absolute Gasteiger partial charge is 0.434 e. The van der Waals surface area contributed by atoms with Gasteiger partial charge in [0.15, 0.2) is 10.8 Å². The van der Waals surface area contributed by atoms with E-state index in [0.29, 0.717) is 24.8 Å². The molecular weight excluding hydrogens is 387 g/mol. The lowest BCUT2D eigenvalue weighted by molar-refractivity contribution is -0.147. The fraction of sp³-hybridized carbons (Fsp3) is 0.812. The van der Waals surface area contributed by atoms with Crippen molar-refractivity contribution in [3.05, 3.63) is 11.1 Å². The summed E-state index contributed by atoms with van der Waals surface area (Å²) in [4.78, 5) is 7.28. The highest BCUT2D eigenvalue weighted by molar-refractivity contribution is 7.13. The molecule has 0 unspecified atom stereocenters. The van der Waals surface area contributed by atoms with Crippen LogP contribution in [-0.4, -0.2) is 87.4 Å². The van der Waals surface area contributed by atoms with Crippen molar-refractivity contribution in [3.8, 4) is 0 Å². The summed E-state index contributed by atoms with van der Waals surface area (Å²) in [5, 5.41) is 40.7. The Morgan fingerprint density at radius 3 is 2.56 bits per heavy atom. The summed E-state index contributed by atoms with van der Waals surface area (Å²) in [7, 11) is 0. The van der Waals surface area contributed by atoms with E-state index < -0.39 is 36.2 Å². The van der Waals surface area contributed by atoms with Crippen LogP contribution in [0.25, 0.3) is 0 Å². The molecule has 11 heteroatoms. The second kappa shape index (κ2) is 8.18. The van der Waals surface area contributed by atoms with E-state index in [9.17, 15) is 33.6 Å². The van der Waals surface area contributed by atoms with Crippen LogP contribution >= 0.6 is 11.3 Å². The third kappa shape index (κ3) is 4.54. The van der Waals surface area contributed by atoms with Gasteiger partial charge in [-0.25, -0.2) is 4.98 Å². The number of aromatic nitrogens is 1. The van der Waals surface area contributed by atoms with Crippen molar-refractivity contribution in [1.82, 2.24) is 9.88 Å². The molecule has 2 fully saturated rings. The average molecular weight is 411 g/mol. The van der Waals surface area contributed by atoms with Crippen molar-refractivity contribution in [2.75, 3.05) is 37.7 Å². The normalized spacial score (nSPS) is 33.4. The highest BCUT2D eigenvalue weighted by atomic mass is 32.1. The summed E-state index contributed by atoms with van der Waals surface area (Å²) in [6.45, 7) is 1.35. The van der Waals surface area contributed by atoms with Gasteiger partial charge in [0.1, 0.15) is 12.2 Å². The number of aliphatic hydroxyl groups is 4. The van der Waals surface area contributed by atoms with Crippen LogP contribution in [0.5, 0.6) is 0 Å². The van der Waals surface area contributed by atoms with E-state index in [1.165, 1.54) is 0 Å². The van der Waals surface area contributed by atoms with Gasteiger partial charge in [0.2, 0.25) is 0 Å². The van der Waals surface area contributed by atoms with Crippen LogP contribution < -0.4 is 4.90 Å². The minimum absolute atomic E-state index is 0.0840. The predicted octanol–water partition coefficient (Wildman–Crippen LogP) is 0.137. The summed E-state index contributed by atoms with van der Waals surface area (Å²) in [6, 6.07) is -0.685. The third-order valence-corrected chi connectivity index (χ3v) is 6.18. The molecule has 0 bridgehead atoms. The molecule has 0 radical (unpaired) electrons. The SMILES string of the molecule is OC[C@H]1[C@@H](O)[C@H](O)[C@@H](O)CN1C[C@@H]1CCCN(c2nc(C(F)(F)F)cs2)C1. The van der Waals surface area contributed by atoms with E-state index in [1.807, 2.05) is 4.90 Å². The molecule has 4 N–H and O–H groups in total. The maximum atomic E-state index is 12.8. The molecule has 27 heavy (non-hydrogen) atoms. The highest BCUT2D eigenvalue weighted by Crippen LogP contribution is 2.34. The number of halogens is 3. The number of hydrogen-bond acceptors (Lipinski definition) is 8. The summed E-state index contributed by atoms with van der Waals surface area (Å²) in [5.41, 5.74) is -0.888. The monoisotopic (exact) mass is 411 g/mol. The first kappa shape index (κ1) is 20.7. The van der Waals surface area contributed by atoms with Gasteiger partial charge in [0, 0.05) is 31.6 Å². The first-order chi connectivity index (χ1) is 12.7. The van der Waals surface area contributed by atoms with Crippen molar-refractivity contribution < 1.29 is 33.6 Å². The van der Waals surface area contributed by atoms with Gasteiger partial charge in [-0.15, -0.1) is 11.3 Å². The minimum Gasteiger partial charge on any atom is -0.395 e. The summed E-state index contributed by atoms with van der Waals surface area (Å²) >= 11 is 0.965. The van der Waals surface area contributed by atoms with Crippen LogP contribution in [0, 0.1) is 5.92 Å². The second-order valence-electron chi connectivity index (χ2n) is 7.22. The molecule has 0 aliphatic carbocycles.